The molecule has 0 unspecified atom stereocenters. The van der Waals surface area contributed by atoms with Crippen LogP contribution < -0.4 is 0 Å². The van der Waals surface area contributed by atoms with Crippen LogP contribution in [0.25, 0.3) is 0 Å². The molecule has 0 aromatic rings. The number of aliphatic hydroxyl groups excluding tert-OH is 1. The van der Waals surface area contributed by atoms with Crippen molar-refractivity contribution in [3.63, 3.8) is 0 Å². The molecule has 1 saturated carbocycles. The van der Waals surface area contributed by atoms with E-state index in [1.165, 1.54) is 12.8 Å². The summed E-state index contributed by atoms with van der Waals surface area (Å²) in [5.74, 6) is 0.928. The van der Waals surface area contributed by atoms with Gasteiger partial charge in [-0.05, 0) is 25.2 Å². The Morgan fingerprint density at radius 1 is 1.23 bits per heavy atom. The lowest BCUT2D eigenvalue weighted by atomic mass is 9.81. The fraction of sp³-hybridized carbons (Fsp3) is 1.00. The molecule has 78 valence electrons. The summed E-state index contributed by atoms with van der Waals surface area (Å²) in [5, 5.41) is 9.29. The molecular formula is C11H23NO. The molecule has 0 amide bonds. The lowest BCUT2D eigenvalue weighted by molar-refractivity contribution is 0.0906. The minimum Gasteiger partial charge on any atom is -0.392 e. The van der Waals surface area contributed by atoms with Gasteiger partial charge >= 0.3 is 0 Å². The van der Waals surface area contributed by atoms with Gasteiger partial charge < -0.3 is 5.11 Å². The normalized spacial score (nSPS) is 39.2. The van der Waals surface area contributed by atoms with Gasteiger partial charge in [0, 0.05) is 19.1 Å². The molecule has 2 aliphatic rings. The van der Waals surface area contributed by atoms with E-state index in [0.717, 1.165) is 31.5 Å². The molecule has 2 rings (SSSR count). The summed E-state index contributed by atoms with van der Waals surface area (Å²) in [4.78, 5) is 2.45. The molecule has 2 nitrogen and oxygen atoms in total. The lowest BCUT2D eigenvalue weighted by Gasteiger charge is -2.39. The van der Waals surface area contributed by atoms with E-state index in [4.69, 9.17) is 0 Å². The predicted octanol–water partition coefficient (Wildman–Crippen LogP) is 1.88. The quantitative estimate of drug-likeness (QED) is 0.674. The number of rotatable bonds is 1. The van der Waals surface area contributed by atoms with Gasteiger partial charge in [-0.15, -0.1) is 0 Å². The van der Waals surface area contributed by atoms with Crippen molar-refractivity contribution in [3.05, 3.63) is 0 Å². The first-order chi connectivity index (χ1) is 6.25. The second-order valence-corrected chi connectivity index (χ2v) is 4.17. The van der Waals surface area contributed by atoms with Crippen LogP contribution in [0.3, 0.4) is 0 Å². The molecule has 0 aromatic carbocycles. The standard InChI is InChI=1S/C9H17NO.C2H6/c1-7-4-8(5-7)10-3-2-9(11)6-10;1-2/h7-9,11H,2-6H2,1H3;1-2H3/t7?,8?,9-;/m0./s1. The topological polar surface area (TPSA) is 23.5 Å². The summed E-state index contributed by atoms with van der Waals surface area (Å²) in [6.07, 6.45) is 3.66. The minimum absolute atomic E-state index is 0.0362. The van der Waals surface area contributed by atoms with E-state index in [1.54, 1.807) is 0 Å². The van der Waals surface area contributed by atoms with Crippen molar-refractivity contribution in [1.29, 1.82) is 0 Å². The average Bonchev–Trinajstić information content (AvgIpc) is 2.50. The van der Waals surface area contributed by atoms with Crippen LogP contribution in [0.2, 0.25) is 0 Å². The first-order valence-corrected chi connectivity index (χ1v) is 5.68. The second-order valence-electron chi connectivity index (χ2n) is 4.17. The van der Waals surface area contributed by atoms with Gasteiger partial charge in [-0.3, -0.25) is 4.90 Å². The SMILES string of the molecule is CC.CC1CC(N2CC[C@H](O)C2)C1. The van der Waals surface area contributed by atoms with E-state index >= 15 is 0 Å². The third kappa shape index (κ3) is 2.68. The van der Waals surface area contributed by atoms with Crippen molar-refractivity contribution in [3.8, 4) is 0 Å². The zero-order chi connectivity index (χ0) is 9.84. The van der Waals surface area contributed by atoms with Gasteiger partial charge in [0.25, 0.3) is 0 Å². The highest BCUT2D eigenvalue weighted by Crippen LogP contribution is 2.32. The molecule has 1 N–H and O–H groups in total. The molecule has 1 heterocycles. The summed E-state index contributed by atoms with van der Waals surface area (Å²) in [6, 6.07) is 0.808. The van der Waals surface area contributed by atoms with Crippen molar-refractivity contribution in [2.45, 2.75) is 52.2 Å². The molecule has 13 heavy (non-hydrogen) atoms. The molecule has 2 heteroatoms. The van der Waals surface area contributed by atoms with E-state index in [9.17, 15) is 5.11 Å². The maximum Gasteiger partial charge on any atom is 0.0679 e. The van der Waals surface area contributed by atoms with Crippen molar-refractivity contribution < 1.29 is 5.11 Å². The maximum absolute atomic E-state index is 9.29. The van der Waals surface area contributed by atoms with Crippen LogP contribution in [0, 0.1) is 5.92 Å². The van der Waals surface area contributed by atoms with Crippen LogP contribution in [0.4, 0.5) is 0 Å². The Morgan fingerprint density at radius 3 is 2.23 bits per heavy atom. The number of β-amino-alcohol motifs (C(OH)–C–C–N with tert-alkyl or cyclic N) is 1. The van der Waals surface area contributed by atoms with Gasteiger partial charge in [0.05, 0.1) is 6.10 Å². The molecule has 0 radical (unpaired) electrons. The predicted molar refractivity (Wildman–Crippen MR) is 55.7 cm³/mol. The van der Waals surface area contributed by atoms with Gasteiger partial charge in [0.1, 0.15) is 0 Å². The Hall–Kier alpha value is -0.0800. The van der Waals surface area contributed by atoms with E-state index in [1.807, 2.05) is 13.8 Å². The largest absolute Gasteiger partial charge is 0.392 e. The Balaban J connectivity index is 0.000000396. The Bertz CT molecular complexity index is 143. The third-order valence-corrected chi connectivity index (χ3v) is 3.06. The molecule has 0 spiro atoms. The van der Waals surface area contributed by atoms with Crippen molar-refractivity contribution >= 4 is 0 Å². The van der Waals surface area contributed by atoms with Crippen LogP contribution in [-0.2, 0) is 0 Å². The highest BCUT2D eigenvalue weighted by atomic mass is 16.3. The zero-order valence-electron chi connectivity index (χ0n) is 9.16. The minimum atomic E-state index is -0.0362. The Labute approximate surface area is 81.9 Å². The van der Waals surface area contributed by atoms with E-state index in [2.05, 4.69) is 11.8 Å². The van der Waals surface area contributed by atoms with Gasteiger partial charge in [-0.25, -0.2) is 0 Å². The zero-order valence-corrected chi connectivity index (χ0v) is 9.16. The number of nitrogens with zero attached hydrogens (tertiary/aromatic N) is 1. The third-order valence-electron chi connectivity index (χ3n) is 3.06. The monoisotopic (exact) mass is 185 g/mol. The second kappa shape index (κ2) is 4.97. The Kier molecular flexibility index (Phi) is 4.20. The van der Waals surface area contributed by atoms with Gasteiger partial charge in [0.15, 0.2) is 0 Å². The molecule has 0 aromatic heterocycles. The first kappa shape index (κ1) is 11.0. The Morgan fingerprint density at radius 2 is 1.85 bits per heavy atom. The average molecular weight is 185 g/mol. The van der Waals surface area contributed by atoms with Crippen LogP contribution in [-0.4, -0.2) is 35.2 Å². The van der Waals surface area contributed by atoms with Crippen LogP contribution >= 0.6 is 0 Å². The maximum atomic E-state index is 9.29. The summed E-state index contributed by atoms with van der Waals surface area (Å²) >= 11 is 0. The summed E-state index contributed by atoms with van der Waals surface area (Å²) in [6.45, 7) is 8.36. The van der Waals surface area contributed by atoms with E-state index < -0.39 is 0 Å². The lowest BCUT2D eigenvalue weighted by Crippen LogP contribution is -2.42. The van der Waals surface area contributed by atoms with Crippen molar-refractivity contribution in [2.24, 2.45) is 5.92 Å². The van der Waals surface area contributed by atoms with Gasteiger partial charge in [-0.2, -0.15) is 0 Å². The van der Waals surface area contributed by atoms with Crippen LogP contribution in [0.15, 0.2) is 0 Å². The fourth-order valence-electron chi connectivity index (χ4n) is 2.26. The van der Waals surface area contributed by atoms with E-state index in [-0.39, 0.29) is 6.10 Å². The molecular weight excluding hydrogens is 162 g/mol. The summed E-state index contributed by atoms with van der Waals surface area (Å²) < 4.78 is 0. The number of hydrogen-bond donors (Lipinski definition) is 1. The van der Waals surface area contributed by atoms with Gasteiger partial charge in [0.2, 0.25) is 0 Å². The molecule has 1 atom stereocenters. The summed E-state index contributed by atoms with van der Waals surface area (Å²) in [5.41, 5.74) is 0. The number of hydrogen-bond acceptors (Lipinski definition) is 2. The number of likely N-dealkylation sites (tertiary alicyclic amines) is 1. The fourth-order valence-corrected chi connectivity index (χ4v) is 2.26. The summed E-state index contributed by atoms with van der Waals surface area (Å²) in [7, 11) is 0. The molecule has 1 aliphatic heterocycles. The first-order valence-electron chi connectivity index (χ1n) is 5.68. The molecule has 0 bridgehead atoms. The highest BCUT2D eigenvalue weighted by Gasteiger charge is 2.34. The van der Waals surface area contributed by atoms with Crippen LogP contribution in [0.1, 0.15) is 40.0 Å². The van der Waals surface area contributed by atoms with E-state index in [0.29, 0.717) is 0 Å². The molecule has 1 saturated heterocycles. The molecule has 1 aliphatic carbocycles. The van der Waals surface area contributed by atoms with Gasteiger partial charge in [-0.1, -0.05) is 20.8 Å². The highest BCUT2D eigenvalue weighted by molar-refractivity contribution is 4.89. The number of aliphatic hydroxyl groups is 1. The van der Waals surface area contributed by atoms with Crippen molar-refractivity contribution in [1.82, 2.24) is 4.90 Å². The van der Waals surface area contributed by atoms with Crippen LogP contribution in [0.5, 0.6) is 0 Å². The molecule has 2 fully saturated rings. The van der Waals surface area contributed by atoms with Crippen molar-refractivity contribution in [2.75, 3.05) is 13.1 Å². The smallest absolute Gasteiger partial charge is 0.0679 e.